The van der Waals surface area contributed by atoms with Gasteiger partial charge in [0, 0.05) is 18.7 Å². The fraction of sp³-hybridized carbons (Fsp3) is 0.933. The number of nitrogens with zero attached hydrogens (tertiary/aromatic N) is 1. The predicted molar refractivity (Wildman–Crippen MR) is 80.0 cm³/mol. The Morgan fingerprint density at radius 3 is 2.70 bits per heavy atom. The Labute approximate surface area is 122 Å². The van der Waals surface area contributed by atoms with Crippen LogP contribution in [0, 0.1) is 0 Å². The van der Waals surface area contributed by atoms with Crippen LogP contribution in [0.5, 0.6) is 0 Å². The van der Waals surface area contributed by atoms with Crippen molar-refractivity contribution in [2.75, 3.05) is 20.2 Å². The minimum atomic E-state index is -0.869. The normalized spacial score (nSPS) is 27.5. The number of hydrogen-bond acceptors (Lipinski definition) is 4. The zero-order chi connectivity index (χ0) is 15.3. The van der Waals surface area contributed by atoms with Gasteiger partial charge in [-0.15, -0.1) is 0 Å². The third kappa shape index (κ3) is 4.17. The van der Waals surface area contributed by atoms with Gasteiger partial charge in [0.05, 0.1) is 6.10 Å². The minimum Gasteiger partial charge on any atom is -0.480 e. The molecular weight excluding hydrogens is 256 g/mol. The average molecular weight is 286 g/mol. The molecule has 0 aromatic rings. The van der Waals surface area contributed by atoms with E-state index in [9.17, 15) is 9.90 Å². The summed E-state index contributed by atoms with van der Waals surface area (Å²) in [6.07, 6.45) is 2.76. The average Bonchev–Trinajstić information content (AvgIpc) is 2.81. The first-order chi connectivity index (χ1) is 9.31. The van der Waals surface area contributed by atoms with Crippen LogP contribution in [0.1, 0.15) is 47.0 Å². The zero-order valence-corrected chi connectivity index (χ0v) is 13.5. The molecule has 2 N–H and O–H groups in total. The first kappa shape index (κ1) is 17.4. The first-order valence-corrected chi connectivity index (χ1v) is 7.63. The maximum atomic E-state index is 11.6. The van der Waals surface area contributed by atoms with Crippen molar-refractivity contribution in [3.8, 4) is 0 Å². The number of aliphatic carboxylic acids is 1. The van der Waals surface area contributed by atoms with Crippen molar-refractivity contribution in [1.82, 2.24) is 10.2 Å². The molecule has 0 bridgehead atoms. The molecule has 0 aliphatic carbocycles. The topological polar surface area (TPSA) is 61.8 Å². The summed E-state index contributed by atoms with van der Waals surface area (Å²) < 4.78 is 5.61. The van der Waals surface area contributed by atoms with E-state index < -0.39 is 11.5 Å². The molecular formula is C15H30N2O3. The Kier molecular flexibility index (Phi) is 6.43. The van der Waals surface area contributed by atoms with Crippen LogP contribution in [0.2, 0.25) is 0 Å². The lowest BCUT2D eigenvalue weighted by atomic mass is 9.92. The van der Waals surface area contributed by atoms with Crippen LogP contribution in [-0.2, 0) is 9.53 Å². The van der Waals surface area contributed by atoms with E-state index in [-0.39, 0.29) is 12.1 Å². The molecule has 5 heteroatoms. The molecule has 20 heavy (non-hydrogen) atoms. The molecule has 5 nitrogen and oxygen atoms in total. The van der Waals surface area contributed by atoms with Crippen LogP contribution < -0.4 is 5.32 Å². The molecule has 1 rings (SSSR count). The number of carboxylic acids is 1. The molecule has 0 saturated carbocycles. The van der Waals surface area contributed by atoms with Crippen molar-refractivity contribution >= 4 is 5.97 Å². The second kappa shape index (κ2) is 7.38. The van der Waals surface area contributed by atoms with Crippen molar-refractivity contribution in [1.29, 1.82) is 0 Å². The molecule has 1 aliphatic rings. The lowest BCUT2D eigenvalue weighted by Crippen LogP contribution is -2.54. The Bertz CT molecular complexity index is 324. The molecule has 1 heterocycles. The van der Waals surface area contributed by atoms with Crippen LogP contribution in [0.25, 0.3) is 0 Å². The lowest BCUT2D eigenvalue weighted by Gasteiger charge is -2.37. The third-order valence-corrected chi connectivity index (χ3v) is 4.50. The molecule has 4 unspecified atom stereocenters. The Morgan fingerprint density at radius 2 is 2.25 bits per heavy atom. The monoisotopic (exact) mass is 286 g/mol. The molecule has 1 saturated heterocycles. The van der Waals surface area contributed by atoms with Gasteiger partial charge in [-0.1, -0.05) is 6.92 Å². The van der Waals surface area contributed by atoms with Gasteiger partial charge < -0.3 is 15.2 Å². The van der Waals surface area contributed by atoms with Gasteiger partial charge in [0.25, 0.3) is 0 Å². The number of ether oxygens (including phenoxy) is 1. The van der Waals surface area contributed by atoms with Gasteiger partial charge in [0.1, 0.15) is 5.54 Å². The highest BCUT2D eigenvalue weighted by atomic mass is 16.5. The summed E-state index contributed by atoms with van der Waals surface area (Å²) in [5.41, 5.74) is -0.869. The molecule has 0 aromatic carbocycles. The highest BCUT2D eigenvalue weighted by Crippen LogP contribution is 2.24. The number of nitrogens with one attached hydrogen (secondary N) is 1. The number of carbonyl (C=O) groups is 1. The number of carboxylic acid groups (broad SMARTS) is 1. The van der Waals surface area contributed by atoms with Crippen LogP contribution in [0.15, 0.2) is 0 Å². The fourth-order valence-corrected chi connectivity index (χ4v) is 2.95. The van der Waals surface area contributed by atoms with Crippen LogP contribution in [0.4, 0.5) is 0 Å². The predicted octanol–water partition coefficient (Wildman–Crippen LogP) is 1.72. The Balaban J connectivity index is 2.65. The van der Waals surface area contributed by atoms with Gasteiger partial charge in [-0.2, -0.15) is 0 Å². The summed E-state index contributed by atoms with van der Waals surface area (Å²) >= 11 is 0. The maximum absolute atomic E-state index is 11.6. The lowest BCUT2D eigenvalue weighted by molar-refractivity contribution is -0.145. The van der Waals surface area contributed by atoms with Crippen LogP contribution in [-0.4, -0.2) is 59.9 Å². The summed E-state index contributed by atoms with van der Waals surface area (Å²) in [7, 11) is 2.07. The van der Waals surface area contributed by atoms with E-state index >= 15 is 0 Å². The maximum Gasteiger partial charge on any atom is 0.323 e. The summed E-state index contributed by atoms with van der Waals surface area (Å²) in [6.45, 7) is 9.54. The van der Waals surface area contributed by atoms with Gasteiger partial charge in [0.2, 0.25) is 0 Å². The van der Waals surface area contributed by atoms with E-state index in [1.165, 1.54) is 0 Å². The number of rotatable bonds is 8. The molecule has 0 aromatic heterocycles. The van der Waals surface area contributed by atoms with E-state index in [1.54, 1.807) is 6.92 Å². The van der Waals surface area contributed by atoms with Crippen molar-refractivity contribution in [2.45, 2.75) is 70.7 Å². The smallest absolute Gasteiger partial charge is 0.323 e. The van der Waals surface area contributed by atoms with E-state index in [4.69, 9.17) is 4.74 Å². The van der Waals surface area contributed by atoms with Crippen LogP contribution >= 0.6 is 0 Å². The molecule has 0 spiro atoms. The summed E-state index contributed by atoms with van der Waals surface area (Å²) in [6, 6.07) is 0.573. The van der Waals surface area contributed by atoms with Crippen LogP contribution in [0.3, 0.4) is 0 Å². The summed E-state index contributed by atoms with van der Waals surface area (Å²) in [4.78, 5) is 13.8. The highest BCUT2D eigenvalue weighted by molar-refractivity contribution is 5.78. The summed E-state index contributed by atoms with van der Waals surface area (Å²) in [5.74, 6) is -0.776. The van der Waals surface area contributed by atoms with Gasteiger partial charge >= 0.3 is 5.97 Å². The van der Waals surface area contributed by atoms with E-state index in [0.717, 1.165) is 26.0 Å². The largest absolute Gasteiger partial charge is 0.480 e. The van der Waals surface area contributed by atoms with Gasteiger partial charge in [-0.05, 0) is 53.6 Å². The Morgan fingerprint density at radius 1 is 1.60 bits per heavy atom. The van der Waals surface area contributed by atoms with Crippen molar-refractivity contribution in [2.24, 2.45) is 0 Å². The van der Waals surface area contributed by atoms with E-state index in [1.807, 2.05) is 6.92 Å². The third-order valence-electron chi connectivity index (χ3n) is 4.50. The molecule has 1 fully saturated rings. The molecule has 1 aliphatic heterocycles. The zero-order valence-electron chi connectivity index (χ0n) is 13.5. The van der Waals surface area contributed by atoms with Gasteiger partial charge in [-0.25, -0.2) is 0 Å². The molecule has 0 amide bonds. The van der Waals surface area contributed by atoms with Gasteiger partial charge in [0.15, 0.2) is 0 Å². The summed E-state index contributed by atoms with van der Waals surface area (Å²) in [5, 5.41) is 12.7. The van der Waals surface area contributed by atoms with Crippen molar-refractivity contribution in [3.05, 3.63) is 0 Å². The minimum absolute atomic E-state index is 0.189. The quantitative estimate of drug-likeness (QED) is 0.711. The number of hydrogen-bond donors (Lipinski definition) is 2. The van der Waals surface area contributed by atoms with Crippen molar-refractivity contribution < 1.29 is 14.6 Å². The molecule has 118 valence electrons. The van der Waals surface area contributed by atoms with Crippen molar-refractivity contribution in [3.63, 3.8) is 0 Å². The SMILES string of the molecule is CCCNC(C)(CC(C)N(C)C1CCOC1C)C(=O)O. The van der Waals surface area contributed by atoms with Gasteiger partial charge in [-0.3, -0.25) is 9.69 Å². The number of likely N-dealkylation sites (N-methyl/N-ethyl adjacent to an activating group) is 1. The second-order valence-corrected chi connectivity index (χ2v) is 6.21. The molecule has 0 radical (unpaired) electrons. The molecule has 4 atom stereocenters. The van der Waals surface area contributed by atoms with E-state index in [2.05, 4.69) is 31.1 Å². The first-order valence-electron chi connectivity index (χ1n) is 7.63. The van der Waals surface area contributed by atoms with E-state index in [0.29, 0.717) is 12.5 Å². The second-order valence-electron chi connectivity index (χ2n) is 6.21. The standard InChI is InChI=1S/C15H30N2O3/c1-6-8-16-15(4,14(18)19)10-11(2)17(5)13-7-9-20-12(13)3/h11-13,16H,6-10H2,1-5H3,(H,18,19). The highest BCUT2D eigenvalue weighted by Gasteiger charge is 2.37. The fourth-order valence-electron chi connectivity index (χ4n) is 2.95. The Hall–Kier alpha value is -0.650.